The molecule has 122 valence electrons. The standard InChI is InChI=1S/C15H23N3O4/c1-9-12(10(2)22-16-9)7-18-13-3-4-17(6-11(20)8-19)14(13)5-15(18)21/h11,13-14,19-20H,3-8H2,1-2H3/t11-,13+,14+/m1/s1. The minimum atomic E-state index is -0.745. The Bertz CT molecular complexity index is 539. The summed E-state index contributed by atoms with van der Waals surface area (Å²) in [5, 5.41) is 22.6. The molecule has 2 aliphatic rings. The number of carbonyl (C=O) groups excluding carboxylic acids is 1. The van der Waals surface area contributed by atoms with Crippen molar-refractivity contribution in [2.75, 3.05) is 19.7 Å². The van der Waals surface area contributed by atoms with Crippen LogP contribution in [-0.4, -0.2) is 69.0 Å². The minimum Gasteiger partial charge on any atom is -0.394 e. The number of hydrogen-bond acceptors (Lipinski definition) is 6. The summed E-state index contributed by atoms with van der Waals surface area (Å²) >= 11 is 0. The highest BCUT2D eigenvalue weighted by Gasteiger charge is 2.47. The lowest BCUT2D eigenvalue weighted by Crippen LogP contribution is -2.40. The Kier molecular flexibility index (Phi) is 4.20. The summed E-state index contributed by atoms with van der Waals surface area (Å²) in [7, 11) is 0. The van der Waals surface area contributed by atoms with Crippen LogP contribution in [0.1, 0.15) is 29.9 Å². The Balaban J connectivity index is 1.72. The molecule has 2 fully saturated rings. The minimum absolute atomic E-state index is 0.133. The van der Waals surface area contributed by atoms with E-state index in [4.69, 9.17) is 9.63 Å². The zero-order chi connectivity index (χ0) is 15.9. The van der Waals surface area contributed by atoms with Gasteiger partial charge in [0.05, 0.1) is 24.9 Å². The quantitative estimate of drug-likeness (QED) is 0.784. The molecule has 1 aromatic heterocycles. The number of aliphatic hydroxyl groups is 2. The fourth-order valence-corrected chi connectivity index (χ4v) is 3.67. The maximum absolute atomic E-state index is 12.4. The number of aryl methyl sites for hydroxylation is 2. The lowest BCUT2D eigenvalue weighted by molar-refractivity contribution is -0.129. The fraction of sp³-hybridized carbons (Fsp3) is 0.733. The van der Waals surface area contributed by atoms with E-state index in [9.17, 15) is 9.90 Å². The number of aliphatic hydroxyl groups excluding tert-OH is 2. The number of fused-ring (bicyclic) bond motifs is 1. The molecule has 0 aromatic carbocycles. The molecule has 22 heavy (non-hydrogen) atoms. The van der Waals surface area contributed by atoms with Gasteiger partial charge in [-0.25, -0.2) is 0 Å². The molecule has 2 aliphatic heterocycles. The number of nitrogens with zero attached hydrogens (tertiary/aromatic N) is 3. The van der Waals surface area contributed by atoms with Crippen molar-refractivity contribution in [1.82, 2.24) is 15.0 Å². The first-order chi connectivity index (χ1) is 10.5. The SMILES string of the molecule is Cc1noc(C)c1CN1C(=O)C[C@H]2[C@@H]1CCN2C[C@@H](O)CO. The first kappa shape index (κ1) is 15.5. The molecule has 0 unspecified atom stereocenters. The van der Waals surface area contributed by atoms with Crippen molar-refractivity contribution in [3.05, 3.63) is 17.0 Å². The molecule has 3 heterocycles. The van der Waals surface area contributed by atoms with Gasteiger partial charge in [-0.15, -0.1) is 0 Å². The van der Waals surface area contributed by atoms with Gasteiger partial charge in [0, 0.05) is 37.2 Å². The third-order valence-electron chi connectivity index (χ3n) is 4.90. The zero-order valence-electron chi connectivity index (χ0n) is 13.0. The maximum atomic E-state index is 12.4. The monoisotopic (exact) mass is 309 g/mol. The molecule has 3 atom stereocenters. The number of aromatic nitrogens is 1. The molecule has 2 N–H and O–H groups in total. The van der Waals surface area contributed by atoms with E-state index in [1.165, 1.54) is 0 Å². The topological polar surface area (TPSA) is 90.0 Å². The van der Waals surface area contributed by atoms with Gasteiger partial charge in [-0.2, -0.15) is 0 Å². The summed E-state index contributed by atoms with van der Waals surface area (Å²) in [5.74, 6) is 0.900. The summed E-state index contributed by atoms with van der Waals surface area (Å²) in [5.41, 5.74) is 1.82. The van der Waals surface area contributed by atoms with Crippen molar-refractivity contribution in [1.29, 1.82) is 0 Å². The molecule has 0 aliphatic carbocycles. The van der Waals surface area contributed by atoms with E-state index in [1.54, 1.807) is 0 Å². The molecule has 1 aromatic rings. The van der Waals surface area contributed by atoms with Gasteiger partial charge in [0.15, 0.2) is 0 Å². The molecular formula is C15H23N3O4. The highest BCUT2D eigenvalue weighted by Crippen LogP contribution is 2.34. The predicted molar refractivity (Wildman–Crippen MR) is 78.0 cm³/mol. The Morgan fingerprint density at radius 3 is 2.82 bits per heavy atom. The van der Waals surface area contributed by atoms with E-state index < -0.39 is 6.10 Å². The van der Waals surface area contributed by atoms with Crippen LogP contribution in [0, 0.1) is 13.8 Å². The molecule has 7 nitrogen and oxygen atoms in total. The number of β-amino-alcohol motifs (C(OH)–C–C–N with tert-alkyl or cyclic N) is 1. The summed E-state index contributed by atoms with van der Waals surface area (Å²) in [6.07, 6.45) is 0.634. The van der Waals surface area contributed by atoms with Crippen LogP contribution in [0.25, 0.3) is 0 Å². The second-order valence-electron chi connectivity index (χ2n) is 6.28. The maximum Gasteiger partial charge on any atom is 0.224 e. The smallest absolute Gasteiger partial charge is 0.224 e. The first-order valence-electron chi connectivity index (χ1n) is 7.75. The lowest BCUT2D eigenvalue weighted by Gasteiger charge is -2.26. The van der Waals surface area contributed by atoms with E-state index in [0.717, 1.165) is 30.0 Å². The Morgan fingerprint density at radius 2 is 2.18 bits per heavy atom. The van der Waals surface area contributed by atoms with Crippen molar-refractivity contribution in [3.63, 3.8) is 0 Å². The van der Waals surface area contributed by atoms with Crippen LogP contribution in [0.3, 0.4) is 0 Å². The van der Waals surface area contributed by atoms with Gasteiger partial charge in [-0.3, -0.25) is 9.69 Å². The van der Waals surface area contributed by atoms with Crippen molar-refractivity contribution in [2.24, 2.45) is 0 Å². The number of likely N-dealkylation sites (tertiary alicyclic amines) is 2. The summed E-state index contributed by atoms with van der Waals surface area (Å²) < 4.78 is 5.18. The Hall–Kier alpha value is -1.44. The van der Waals surface area contributed by atoms with E-state index in [2.05, 4.69) is 10.1 Å². The molecule has 1 amide bonds. The van der Waals surface area contributed by atoms with Gasteiger partial charge in [0.1, 0.15) is 5.76 Å². The Labute approximate surface area is 129 Å². The van der Waals surface area contributed by atoms with Crippen LogP contribution in [0.2, 0.25) is 0 Å². The molecule has 0 saturated carbocycles. The molecule has 0 bridgehead atoms. The highest BCUT2D eigenvalue weighted by atomic mass is 16.5. The average molecular weight is 309 g/mol. The van der Waals surface area contributed by atoms with Gasteiger partial charge in [-0.05, 0) is 20.3 Å². The third kappa shape index (κ3) is 2.64. The number of hydrogen-bond donors (Lipinski definition) is 2. The van der Waals surface area contributed by atoms with Crippen LogP contribution >= 0.6 is 0 Å². The molecule has 0 spiro atoms. The molecular weight excluding hydrogens is 286 g/mol. The molecule has 3 rings (SSSR count). The number of amides is 1. The lowest BCUT2D eigenvalue weighted by atomic mass is 10.1. The summed E-state index contributed by atoms with van der Waals surface area (Å²) in [4.78, 5) is 16.4. The van der Waals surface area contributed by atoms with Gasteiger partial charge in [-0.1, -0.05) is 5.16 Å². The van der Waals surface area contributed by atoms with Crippen LogP contribution in [0.15, 0.2) is 4.52 Å². The largest absolute Gasteiger partial charge is 0.394 e. The number of rotatable bonds is 5. The van der Waals surface area contributed by atoms with Gasteiger partial charge in [0.2, 0.25) is 5.91 Å². The summed E-state index contributed by atoms with van der Waals surface area (Å²) in [6, 6.07) is 0.307. The highest BCUT2D eigenvalue weighted by molar-refractivity contribution is 5.80. The molecule has 2 saturated heterocycles. The zero-order valence-corrected chi connectivity index (χ0v) is 13.0. The first-order valence-corrected chi connectivity index (χ1v) is 7.75. The second-order valence-corrected chi connectivity index (χ2v) is 6.28. The van der Waals surface area contributed by atoms with E-state index in [0.29, 0.717) is 19.5 Å². The van der Waals surface area contributed by atoms with Gasteiger partial charge < -0.3 is 19.6 Å². The van der Waals surface area contributed by atoms with Crippen LogP contribution in [-0.2, 0) is 11.3 Å². The van der Waals surface area contributed by atoms with Crippen LogP contribution in [0.4, 0.5) is 0 Å². The normalized spacial score (nSPS) is 26.7. The van der Waals surface area contributed by atoms with E-state index in [-0.39, 0.29) is 24.6 Å². The summed E-state index contributed by atoms with van der Waals surface area (Å²) in [6.45, 7) is 5.32. The number of carbonyl (C=O) groups is 1. The third-order valence-corrected chi connectivity index (χ3v) is 4.90. The van der Waals surface area contributed by atoms with Crippen molar-refractivity contribution in [2.45, 2.75) is 51.4 Å². The van der Waals surface area contributed by atoms with Crippen molar-refractivity contribution >= 4 is 5.91 Å². The van der Waals surface area contributed by atoms with Gasteiger partial charge in [0.25, 0.3) is 0 Å². The van der Waals surface area contributed by atoms with Crippen LogP contribution in [0.5, 0.6) is 0 Å². The van der Waals surface area contributed by atoms with E-state index >= 15 is 0 Å². The van der Waals surface area contributed by atoms with Gasteiger partial charge >= 0.3 is 0 Å². The van der Waals surface area contributed by atoms with E-state index in [1.807, 2.05) is 18.7 Å². The predicted octanol–water partition coefficient (Wildman–Crippen LogP) is -0.180. The van der Waals surface area contributed by atoms with Crippen molar-refractivity contribution in [3.8, 4) is 0 Å². The van der Waals surface area contributed by atoms with Crippen LogP contribution < -0.4 is 0 Å². The fourth-order valence-electron chi connectivity index (χ4n) is 3.67. The molecule has 0 radical (unpaired) electrons. The second kappa shape index (κ2) is 5.98. The van der Waals surface area contributed by atoms with Crippen molar-refractivity contribution < 1.29 is 19.5 Å². The average Bonchev–Trinajstić information content (AvgIpc) is 3.11. The molecule has 7 heteroatoms. The Morgan fingerprint density at radius 1 is 1.41 bits per heavy atom.